The number of carbonyl (C=O) groups excluding carboxylic acids is 3. The van der Waals surface area contributed by atoms with Crippen LogP contribution in [0.2, 0.25) is 0 Å². The number of amides is 2. The molecule has 144 valence electrons. The molecule has 1 aliphatic heterocycles. The molecule has 0 bridgehead atoms. The molecule has 1 saturated carbocycles. The minimum Gasteiger partial charge on any atom is -0.462 e. The van der Waals surface area contributed by atoms with Crippen molar-refractivity contribution in [3.63, 3.8) is 0 Å². The second-order valence-electron chi connectivity index (χ2n) is 6.78. The number of imide groups is 1. The van der Waals surface area contributed by atoms with Crippen molar-refractivity contribution in [1.29, 1.82) is 0 Å². The van der Waals surface area contributed by atoms with Crippen molar-refractivity contribution in [3.8, 4) is 0 Å². The summed E-state index contributed by atoms with van der Waals surface area (Å²) in [4.78, 5) is 40.3. The molecule has 1 aliphatic carbocycles. The van der Waals surface area contributed by atoms with Crippen LogP contribution in [0.4, 0.5) is 5.69 Å². The topological polar surface area (TPSA) is 66.9 Å². The Hall–Kier alpha value is -2.34. The summed E-state index contributed by atoms with van der Waals surface area (Å²) in [5.74, 6) is -1.41. The second-order valence-corrected chi connectivity index (χ2v) is 7.16. The lowest BCUT2D eigenvalue weighted by Crippen LogP contribution is -2.38. The molecule has 0 unspecified atom stereocenters. The number of esters is 1. The highest BCUT2D eigenvalue weighted by molar-refractivity contribution is 6.52. The van der Waals surface area contributed by atoms with Gasteiger partial charge in [0.25, 0.3) is 11.8 Å². The van der Waals surface area contributed by atoms with E-state index in [4.69, 9.17) is 16.3 Å². The number of benzene rings is 1. The predicted molar refractivity (Wildman–Crippen MR) is 102 cm³/mol. The normalized spacial score (nSPS) is 18.3. The van der Waals surface area contributed by atoms with Gasteiger partial charge in [0, 0.05) is 13.1 Å². The van der Waals surface area contributed by atoms with Crippen molar-refractivity contribution in [2.24, 2.45) is 0 Å². The number of ether oxygens (including phenoxy) is 1. The summed E-state index contributed by atoms with van der Waals surface area (Å²) < 4.78 is 4.95. The monoisotopic (exact) mass is 390 g/mol. The molecule has 2 amide bonds. The summed E-state index contributed by atoms with van der Waals surface area (Å²) >= 11 is 6.26. The van der Waals surface area contributed by atoms with Crippen LogP contribution < -0.4 is 4.90 Å². The molecule has 1 aromatic carbocycles. The molecule has 1 aromatic rings. The molecule has 7 heteroatoms. The van der Waals surface area contributed by atoms with Gasteiger partial charge in [0.05, 0.1) is 17.9 Å². The van der Waals surface area contributed by atoms with E-state index in [0.717, 1.165) is 30.6 Å². The van der Waals surface area contributed by atoms with Gasteiger partial charge in [0.15, 0.2) is 0 Å². The van der Waals surface area contributed by atoms with Gasteiger partial charge in [-0.2, -0.15) is 0 Å². The first-order valence-electron chi connectivity index (χ1n) is 9.24. The number of halogens is 1. The molecule has 1 fully saturated rings. The fraction of sp³-hybridized carbons (Fsp3) is 0.450. The van der Waals surface area contributed by atoms with E-state index in [1.165, 1.54) is 18.6 Å². The Balaban J connectivity index is 1.81. The van der Waals surface area contributed by atoms with Crippen LogP contribution in [-0.4, -0.2) is 42.4 Å². The molecule has 3 rings (SSSR count). The van der Waals surface area contributed by atoms with Crippen molar-refractivity contribution < 1.29 is 19.1 Å². The fourth-order valence-electron chi connectivity index (χ4n) is 3.64. The van der Waals surface area contributed by atoms with Gasteiger partial charge in [0.1, 0.15) is 10.7 Å². The fourth-order valence-corrected chi connectivity index (χ4v) is 3.94. The molecule has 0 spiro atoms. The maximum absolute atomic E-state index is 13.0. The van der Waals surface area contributed by atoms with E-state index in [2.05, 4.69) is 0 Å². The van der Waals surface area contributed by atoms with Gasteiger partial charge in [-0.15, -0.1) is 0 Å². The first-order chi connectivity index (χ1) is 13.0. The Bertz CT molecular complexity index is 782. The van der Waals surface area contributed by atoms with Gasteiger partial charge < -0.3 is 9.64 Å². The summed E-state index contributed by atoms with van der Waals surface area (Å²) in [7, 11) is 1.83. The van der Waals surface area contributed by atoms with Gasteiger partial charge in [-0.1, -0.05) is 30.9 Å². The van der Waals surface area contributed by atoms with Crippen LogP contribution in [0.5, 0.6) is 0 Å². The van der Waals surface area contributed by atoms with E-state index in [-0.39, 0.29) is 23.4 Å². The Morgan fingerprint density at radius 1 is 1.15 bits per heavy atom. The number of likely N-dealkylation sites (N-methyl/N-ethyl adjacent to an activating group) is 1. The maximum atomic E-state index is 13.0. The molecule has 0 atom stereocenters. The lowest BCUT2D eigenvalue weighted by molar-refractivity contribution is -0.121. The quantitative estimate of drug-likeness (QED) is 0.569. The molecule has 0 radical (unpaired) electrons. The van der Waals surface area contributed by atoms with Gasteiger partial charge in [-0.05, 0) is 44.0 Å². The third-order valence-electron chi connectivity index (χ3n) is 5.12. The SMILES string of the molecule is CCOC(=O)c1ccc(N2C(=O)C(Cl)=C(N(C)C3CCCCC3)C2=O)cc1. The maximum Gasteiger partial charge on any atom is 0.338 e. The van der Waals surface area contributed by atoms with E-state index < -0.39 is 17.8 Å². The van der Waals surface area contributed by atoms with Gasteiger partial charge >= 0.3 is 5.97 Å². The van der Waals surface area contributed by atoms with Crippen molar-refractivity contribution >= 4 is 35.1 Å². The Morgan fingerprint density at radius 2 is 1.78 bits per heavy atom. The Kier molecular flexibility index (Phi) is 5.85. The summed E-state index contributed by atoms with van der Waals surface area (Å²) in [6.07, 6.45) is 5.39. The number of hydrogen-bond donors (Lipinski definition) is 0. The number of anilines is 1. The highest BCUT2D eigenvalue weighted by Crippen LogP contribution is 2.34. The minimum absolute atomic E-state index is 0.0532. The lowest BCUT2D eigenvalue weighted by Gasteiger charge is -2.33. The molecule has 6 nitrogen and oxygen atoms in total. The van der Waals surface area contributed by atoms with Gasteiger partial charge in [-0.25, -0.2) is 9.69 Å². The molecular weight excluding hydrogens is 368 g/mol. The average Bonchev–Trinajstić information content (AvgIpc) is 2.91. The lowest BCUT2D eigenvalue weighted by atomic mass is 9.94. The van der Waals surface area contributed by atoms with Crippen molar-refractivity contribution in [2.45, 2.75) is 45.1 Å². The summed E-state index contributed by atoms with van der Waals surface area (Å²) in [6, 6.07) is 6.38. The first-order valence-corrected chi connectivity index (χ1v) is 9.62. The average molecular weight is 391 g/mol. The molecule has 0 saturated heterocycles. The predicted octanol–water partition coefficient (Wildman–Crippen LogP) is 3.45. The van der Waals surface area contributed by atoms with Crippen molar-refractivity contribution in [3.05, 3.63) is 40.6 Å². The largest absolute Gasteiger partial charge is 0.462 e. The molecule has 0 N–H and O–H groups in total. The zero-order chi connectivity index (χ0) is 19.6. The van der Waals surface area contributed by atoms with Crippen LogP contribution in [0.1, 0.15) is 49.4 Å². The van der Waals surface area contributed by atoms with Crippen LogP contribution in [0.3, 0.4) is 0 Å². The van der Waals surface area contributed by atoms with Crippen molar-refractivity contribution in [2.75, 3.05) is 18.6 Å². The molecule has 0 aromatic heterocycles. The minimum atomic E-state index is -0.539. The van der Waals surface area contributed by atoms with Crippen LogP contribution in [0.15, 0.2) is 35.0 Å². The second kappa shape index (κ2) is 8.13. The van der Waals surface area contributed by atoms with Crippen LogP contribution in [-0.2, 0) is 14.3 Å². The third kappa shape index (κ3) is 3.72. The van der Waals surface area contributed by atoms with Crippen LogP contribution in [0, 0.1) is 0 Å². The van der Waals surface area contributed by atoms with E-state index in [1.54, 1.807) is 19.1 Å². The van der Waals surface area contributed by atoms with E-state index in [9.17, 15) is 14.4 Å². The number of nitrogens with zero attached hydrogens (tertiary/aromatic N) is 2. The van der Waals surface area contributed by atoms with E-state index in [0.29, 0.717) is 11.3 Å². The van der Waals surface area contributed by atoms with Crippen LogP contribution >= 0.6 is 11.6 Å². The van der Waals surface area contributed by atoms with Gasteiger partial charge in [-0.3, -0.25) is 9.59 Å². The summed E-state index contributed by atoms with van der Waals surface area (Å²) in [5.41, 5.74) is 0.990. The highest BCUT2D eigenvalue weighted by Gasteiger charge is 2.42. The van der Waals surface area contributed by atoms with E-state index >= 15 is 0 Å². The molecule has 1 heterocycles. The number of hydrogen-bond acceptors (Lipinski definition) is 5. The zero-order valence-corrected chi connectivity index (χ0v) is 16.3. The van der Waals surface area contributed by atoms with Crippen LogP contribution in [0.25, 0.3) is 0 Å². The van der Waals surface area contributed by atoms with E-state index in [1.807, 2.05) is 11.9 Å². The zero-order valence-electron chi connectivity index (χ0n) is 15.5. The molecule has 27 heavy (non-hydrogen) atoms. The smallest absolute Gasteiger partial charge is 0.338 e. The summed E-state index contributed by atoms with van der Waals surface area (Å²) in [5, 5.41) is -0.0532. The molecule has 2 aliphatic rings. The standard InChI is InChI=1S/C20H23ClN2O4/c1-3-27-20(26)13-9-11-15(12-10-13)23-18(24)16(21)17(19(23)25)22(2)14-7-5-4-6-8-14/h9-12,14H,3-8H2,1-2H3. The summed E-state index contributed by atoms with van der Waals surface area (Å²) in [6.45, 7) is 2.01. The molecular formula is C20H23ClN2O4. The Labute approximate surface area is 163 Å². The highest BCUT2D eigenvalue weighted by atomic mass is 35.5. The van der Waals surface area contributed by atoms with Gasteiger partial charge in [0.2, 0.25) is 0 Å². The first kappa shape index (κ1) is 19.4. The number of carbonyl (C=O) groups is 3. The third-order valence-corrected chi connectivity index (χ3v) is 5.46. The number of rotatable bonds is 5. The Morgan fingerprint density at radius 3 is 2.37 bits per heavy atom. The van der Waals surface area contributed by atoms with Crippen molar-refractivity contribution in [1.82, 2.24) is 4.90 Å².